The van der Waals surface area contributed by atoms with Gasteiger partial charge in [0.1, 0.15) is 11.6 Å². The first-order chi connectivity index (χ1) is 9.21. The number of nitrogens with one attached hydrogen (secondary N) is 1. The smallest absolute Gasteiger partial charge is 0.147 e. The van der Waals surface area contributed by atoms with Gasteiger partial charge in [-0.1, -0.05) is 37.0 Å². The molecule has 1 aromatic rings. The monoisotopic (exact) mass is 317 g/mol. The second-order valence-corrected chi connectivity index (χ2v) is 7.24. The number of aromatic nitrogens is 1. The molecule has 0 bridgehead atoms. The number of hydrogen-bond donors (Lipinski definition) is 3. The van der Waals surface area contributed by atoms with E-state index in [1.807, 2.05) is 0 Å². The lowest BCUT2D eigenvalue weighted by Gasteiger charge is -2.40. The van der Waals surface area contributed by atoms with Crippen LogP contribution in [0.2, 0.25) is 10.0 Å². The molecule has 0 unspecified atom stereocenters. The first-order valence-corrected chi connectivity index (χ1v) is 7.54. The molecule has 0 radical (unpaired) electrons. The first kappa shape index (κ1) is 15.7. The number of nitrogens with zero attached hydrogens (tertiary/aromatic N) is 1. The molecule has 0 atom stereocenters. The second kappa shape index (κ2) is 5.58. The van der Waals surface area contributed by atoms with Gasteiger partial charge in [0.25, 0.3) is 0 Å². The Morgan fingerprint density at radius 3 is 2.45 bits per heavy atom. The van der Waals surface area contributed by atoms with Crippen LogP contribution in [0.4, 0.5) is 11.6 Å². The SMILES string of the molecule is CC1(C)CCC(O)(CNc2nc(N)c(Cl)cc2Cl)CC1. The zero-order valence-corrected chi connectivity index (χ0v) is 13.4. The molecule has 20 heavy (non-hydrogen) atoms. The molecule has 2 rings (SSSR count). The second-order valence-electron chi connectivity index (χ2n) is 6.43. The zero-order valence-electron chi connectivity index (χ0n) is 11.8. The van der Waals surface area contributed by atoms with Crippen molar-refractivity contribution in [3.63, 3.8) is 0 Å². The number of nitrogen functional groups attached to an aromatic ring is 1. The van der Waals surface area contributed by atoms with Crippen molar-refractivity contribution in [2.75, 3.05) is 17.6 Å². The number of anilines is 2. The Kier molecular flexibility index (Phi) is 4.38. The van der Waals surface area contributed by atoms with Crippen LogP contribution in [0.1, 0.15) is 39.5 Å². The summed E-state index contributed by atoms with van der Waals surface area (Å²) in [6, 6.07) is 1.56. The molecule has 0 aromatic carbocycles. The maximum atomic E-state index is 10.6. The van der Waals surface area contributed by atoms with Gasteiger partial charge in [0.2, 0.25) is 0 Å². The summed E-state index contributed by atoms with van der Waals surface area (Å²) in [6.07, 6.45) is 3.56. The minimum Gasteiger partial charge on any atom is -0.388 e. The van der Waals surface area contributed by atoms with Crippen LogP contribution in [0.25, 0.3) is 0 Å². The number of hydrogen-bond acceptors (Lipinski definition) is 4. The summed E-state index contributed by atoms with van der Waals surface area (Å²) < 4.78 is 0. The number of pyridine rings is 1. The van der Waals surface area contributed by atoms with Crippen LogP contribution in [0.5, 0.6) is 0 Å². The molecular formula is C14H21Cl2N3O. The Morgan fingerprint density at radius 2 is 1.85 bits per heavy atom. The molecular weight excluding hydrogens is 297 g/mol. The molecule has 1 aromatic heterocycles. The van der Waals surface area contributed by atoms with Gasteiger partial charge in [-0.2, -0.15) is 0 Å². The highest BCUT2D eigenvalue weighted by Gasteiger charge is 2.36. The molecule has 1 aliphatic carbocycles. The topological polar surface area (TPSA) is 71.2 Å². The van der Waals surface area contributed by atoms with Gasteiger partial charge >= 0.3 is 0 Å². The van der Waals surface area contributed by atoms with E-state index in [0.717, 1.165) is 25.7 Å². The maximum Gasteiger partial charge on any atom is 0.147 e. The van der Waals surface area contributed by atoms with Gasteiger partial charge in [0, 0.05) is 6.54 Å². The molecule has 1 saturated carbocycles. The summed E-state index contributed by atoms with van der Waals surface area (Å²) in [5.41, 5.74) is 5.26. The maximum absolute atomic E-state index is 10.6. The molecule has 0 saturated heterocycles. The van der Waals surface area contributed by atoms with Gasteiger partial charge in [-0.15, -0.1) is 0 Å². The Bertz CT molecular complexity index is 495. The molecule has 4 N–H and O–H groups in total. The fourth-order valence-corrected chi connectivity index (χ4v) is 2.85. The van der Waals surface area contributed by atoms with E-state index in [9.17, 15) is 5.11 Å². The van der Waals surface area contributed by atoms with Crippen molar-refractivity contribution >= 4 is 34.8 Å². The third-order valence-electron chi connectivity index (χ3n) is 4.08. The van der Waals surface area contributed by atoms with Crippen LogP contribution < -0.4 is 11.1 Å². The predicted octanol–water partition coefficient (Wildman–Crippen LogP) is 3.71. The van der Waals surface area contributed by atoms with Crippen LogP contribution >= 0.6 is 23.2 Å². The molecule has 6 heteroatoms. The van der Waals surface area contributed by atoms with Crippen LogP contribution in [0.3, 0.4) is 0 Å². The summed E-state index contributed by atoms with van der Waals surface area (Å²) in [5.74, 6) is 0.696. The fourth-order valence-electron chi connectivity index (χ4n) is 2.42. The lowest BCUT2D eigenvalue weighted by Crippen LogP contribution is -2.42. The van der Waals surface area contributed by atoms with Crippen LogP contribution in [-0.2, 0) is 0 Å². The first-order valence-electron chi connectivity index (χ1n) is 6.79. The highest BCUT2D eigenvalue weighted by Crippen LogP contribution is 2.40. The van der Waals surface area contributed by atoms with Crippen LogP contribution in [0, 0.1) is 5.41 Å². The molecule has 4 nitrogen and oxygen atoms in total. The van der Waals surface area contributed by atoms with Gasteiger partial charge in [0.05, 0.1) is 15.6 Å². The average Bonchev–Trinajstić information content (AvgIpc) is 2.37. The Labute approximate surface area is 129 Å². The molecule has 0 spiro atoms. The normalized spacial score (nSPS) is 20.6. The van der Waals surface area contributed by atoms with Crippen molar-refractivity contribution in [2.24, 2.45) is 5.41 Å². The van der Waals surface area contributed by atoms with Crippen molar-refractivity contribution in [2.45, 2.75) is 45.1 Å². The van der Waals surface area contributed by atoms with E-state index in [-0.39, 0.29) is 5.82 Å². The Morgan fingerprint density at radius 1 is 1.25 bits per heavy atom. The highest BCUT2D eigenvalue weighted by molar-refractivity contribution is 6.37. The van der Waals surface area contributed by atoms with E-state index in [1.54, 1.807) is 6.07 Å². The summed E-state index contributed by atoms with van der Waals surface area (Å²) in [7, 11) is 0. The number of rotatable bonds is 3. The van der Waals surface area contributed by atoms with E-state index in [4.69, 9.17) is 28.9 Å². The lowest BCUT2D eigenvalue weighted by atomic mass is 9.71. The Hall–Kier alpha value is -0.710. The highest BCUT2D eigenvalue weighted by atomic mass is 35.5. The number of nitrogens with two attached hydrogens (primary N) is 1. The quantitative estimate of drug-likeness (QED) is 0.794. The minimum absolute atomic E-state index is 0.232. The average molecular weight is 318 g/mol. The number of aliphatic hydroxyl groups is 1. The third-order valence-corrected chi connectivity index (χ3v) is 4.67. The summed E-state index contributed by atoms with van der Waals surface area (Å²) in [5, 5.41) is 14.4. The van der Waals surface area contributed by atoms with E-state index in [0.29, 0.717) is 27.8 Å². The summed E-state index contributed by atoms with van der Waals surface area (Å²) in [4.78, 5) is 4.11. The fraction of sp³-hybridized carbons (Fsp3) is 0.643. The molecule has 112 valence electrons. The van der Waals surface area contributed by atoms with Crippen molar-refractivity contribution < 1.29 is 5.11 Å². The van der Waals surface area contributed by atoms with Gasteiger partial charge in [0.15, 0.2) is 0 Å². The minimum atomic E-state index is -0.713. The zero-order chi connectivity index (χ0) is 15.0. The van der Waals surface area contributed by atoms with Crippen molar-refractivity contribution in [1.82, 2.24) is 4.98 Å². The van der Waals surface area contributed by atoms with Crippen molar-refractivity contribution in [3.05, 3.63) is 16.1 Å². The molecule has 0 amide bonds. The van der Waals surface area contributed by atoms with E-state index < -0.39 is 5.60 Å². The molecule has 1 fully saturated rings. The lowest BCUT2D eigenvalue weighted by molar-refractivity contribution is -0.0145. The third kappa shape index (κ3) is 3.68. The van der Waals surface area contributed by atoms with Crippen molar-refractivity contribution in [3.8, 4) is 0 Å². The number of halogens is 2. The van der Waals surface area contributed by atoms with E-state index >= 15 is 0 Å². The van der Waals surface area contributed by atoms with Crippen LogP contribution in [0.15, 0.2) is 6.07 Å². The van der Waals surface area contributed by atoms with E-state index in [2.05, 4.69) is 24.1 Å². The molecule has 1 heterocycles. The standard InChI is InChI=1S/C14H21Cl2N3O/c1-13(2)3-5-14(20,6-4-13)8-18-12-10(16)7-9(15)11(17)19-12/h7,20H,3-6,8H2,1-2H3,(H3,17,18,19). The van der Waals surface area contributed by atoms with Crippen molar-refractivity contribution in [1.29, 1.82) is 0 Å². The molecule has 1 aliphatic rings. The van der Waals surface area contributed by atoms with Gasteiger partial charge in [-0.05, 0) is 37.2 Å². The Balaban J connectivity index is 2.00. The predicted molar refractivity (Wildman–Crippen MR) is 84.4 cm³/mol. The van der Waals surface area contributed by atoms with Crippen LogP contribution in [-0.4, -0.2) is 22.2 Å². The van der Waals surface area contributed by atoms with Gasteiger partial charge in [-0.25, -0.2) is 4.98 Å². The van der Waals surface area contributed by atoms with Gasteiger partial charge < -0.3 is 16.2 Å². The molecule has 0 aliphatic heterocycles. The van der Waals surface area contributed by atoms with Gasteiger partial charge in [-0.3, -0.25) is 0 Å². The largest absolute Gasteiger partial charge is 0.388 e. The van der Waals surface area contributed by atoms with E-state index in [1.165, 1.54) is 0 Å². The summed E-state index contributed by atoms with van der Waals surface area (Å²) >= 11 is 11.9. The summed E-state index contributed by atoms with van der Waals surface area (Å²) in [6.45, 7) is 4.88.